The number of aryl methyl sites for hydroxylation is 2. The van der Waals surface area contributed by atoms with Crippen molar-refractivity contribution in [1.82, 2.24) is 15.2 Å². The first-order valence-corrected chi connectivity index (χ1v) is 5.52. The van der Waals surface area contributed by atoms with E-state index < -0.39 is 0 Å². The summed E-state index contributed by atoms with van der Waals surface area (Å²) in [4.78, 5) is 15.9. The van der Waals surface area contributed by atoms with Crippen LogP contribution in [0.3, 0.4) is 0 Å². The first-order chi connectivity index (χ1) is 7.65. The molecule has 2 aromatic heterocycles. The molecule has 0 radical (unpaired) electrons. The Morgan fingerprint density at radius 2 is 2.12 bits per heavy atom. The molecule has 0 bridgehead atoms. The van der Waals surface area contributed by atoms with E-state index in [2.05, 4.69) is 20.5 Å². The number of carbonyl (C=O) groups excluding carboxylic acids is 1. The topological polar surface area (TPSA) is 67.8 Å². The molecular formula is C10H10N4OS. The lowest BCUT2D eigenvalue weighted by Gasteiger charge is -2.00. The van der Waals surface area contributed by atoms with Crippen LogP contribution in [0.25, 0.3) is 0 Å². The number of hydrogen-bond donors (Lipinski definition) is 1. The van der Waals surface area contributed by atoms with Crippen molar-refractivity contribution < 1.29 is 4.79 Å². The standard InChI is InChI=1S/C10H10N4OS/c1-6-4-3-5-8(11-6)9(15)12-10-14-13-7(2)16-10/h3-5H,1-2H3,(H,12,14,15). The van der Waals surface area contributed by atoms with Gasteiger partial charge in [-0.15, -0.1) is 10.2 Å². The Labute approximate surface area is 96.6 Å². The van der Waals surface area contributed by atoms with E-state index >= 15 is 0 Å². The largest absolute Gasteiger partial charge is 0.295 e. The normalized spacial score (nSPS) is 10.1. The molecular weight excluding hydrogens is 224 g/mol. The number of hydrogen-bond acceptors (Lipinski definition) is 5. The fraction of sp³-hybridized carbons (Fsp3) is 0.200. The Kier molecular flexibility index (Phi) is 2.91. The third-order valence-corrected chi connectivity index (χ3v) is 2.62. The second-order valence-corrected chi connectivity index (χ2v) is 4.43. The van der Waals surface area contributed by atoms with Gasteiger partial charge in [-0.3, -0.25) is 10.1 Å². The van der Waals surface area contributed by atoms with Gasteiger partial charge < -0.3 is 0 Å². The number of nitrogens with zero attached hydrogens (tertiary/aromatic N) is 3. The van der Waals surface area contributed by atoms with E-state index in [1.54, 1.807) is 12.1 Å². The van der Waals surface area contributed by atoms with Crippen LogP contribution in [-0.4, -0.2) is 21.1 Å². The van der Waals surface area contributed by atoms with Gasteiger partial charge in [0.25, 0.3) is 5.91 Å². The van der Waals surface area contributed by atoms with Gasteiger partial charge in [0.2, 0.25) is 5.13 Å². The minimum absolute atomic E-state index is 0.264. The van der Waals surface area contributed by atoms with Gasteiger partial charge in [-0.2, -0.15) is 0 Å². The maximum atomic E-state index is 11.7. The molecule has 0 saturated carbocycles. The predicted molar refractivity (Wildman–Crippen MR) is 61.6 cm³/mol. The van der Waals surface area contributed by atoms with Crippen molar-refractivity contribution in [3.05, 3.63) is 34.6 Å². The first-order valence-electron chi connectivity index (χ1n) is 4.70. The smallest absolute Gasteiger partial charge is 0.276 e. The summed E-state index contributed by atoms with van der Waals surface area (Å²) in [7, 11) is 0. The van der Waals surface area contributed by atoms with Gasteiger partial charge >= 0.3 is 0 Å². The summed E-state index contributed by atoms with van der Waals surface area (Å²) in [6.07, 6.45) is 0. The van der Waals surface area contributed by atoms with Crippen molar-refractivity contribution in [2.75, 3.05) is 5.32 Å². The minimum atomic E-state index is -0.264. The van der Waals surface area contributed by atoms with Crippen LogP contribution in [0.1, 0.15) is 21.2 Å². The maximum Gasteiger partial charge on any atom is 0.276 e. The van der Waals surface area contributed by atoms with Crippen molar-refractivity contribution in [3.8, 4) is 0 Å². The summed E-state index contributed by atoms with van der Waals surface area (Å²) in [6.45, 7) is 3.67. The van der Waals surface area contributed by atoms with E-state index in [0.717, 1.165) is 10.7 Å². The Morgan fingerprint density at radius 1 is 1.31 bits per heavy atom. The molecule has 2 heterocycles. The lowest BCUT2D eigenvalue weighted by atomic mass is 10.3. The molecule has 0 aliphatic carbocycles. The number of carbonyl (C=O) groups is 1. The SMILES string of the molecule is Cc1cccc(C(=O)Nc2nnc(C)s2)n1. The summed E-state index contributed by atoms with van der Waals surface area (Å²) < 4.78 is 0. The van der Waals surface area contributed by atoms with E-state index in [4.69, 9.17) is 0 Å². The highest BCUT2D eigenvalue weighted by molar-refractivity contribution is 7.15. The molecule has 0 aromatic carbocycles. The molecule has 1 N–H and O–H groups in total. The van der Waals surface area contributed by atoms with Gasteiger partial charge in [0.05, 0.1) is 0 Å². The van der Waals surface area contributed by atoms with Crippen LogP contribution < -0.4 is 5.32 Å². The third kappa shape index (κ3) is 2.40. The second kappa shape index (κ2) is 4.36. The second-order valence-electron chi connectivity index (χ2n) is 3.24. The lowest BCUT2D eigenvalue weighted by Crippen LogP contribution is -2.13. The maximum absolute atomic E-state index is 11.7. The van der Waals surface area contributed by atoms with Crippen LogP contribution in [0.4, 0.5) is 5.13 Å². The lowest BCUT2D eigenvalue weighted by molar-refractivity contribution is 0.102. The van der Waals surface area contributed by atoms with Crippen LogP contribution >= 0.6 is 11.3 Å². The van der Waals surface area contributed by atoms with E-state index in [9.17, 15) is 4.79 Å². The molecule has 0 saturated heterocycles. The van der Waals surface area contributed by atoms with Crippen molar-refractivity contribution in [3.63, 3.8) is 0 Å². The van der Waals surface area contributed by atoms with E-state index in [0.29, 0.717) is 10.8 Å². The predicted octanol–water partition coefficient (Wildman–Crippen LogP) is 1.80. The highest BCUT2D eigenvalue weighted by Crippen LogP contribution is 2.14. The molecule has 2 aromatic rings. The average molecular weight is 234 g/mol. The fourth-order valence-corrected chi connectivity index (χ4v) is 1.76. The summed E-state index contributed by atoms with van der Waals surface area (Å²) in [5, 5.41) is 11.6. The van der Waals surface area contributed by atoms with Crippen LogP contribution in [-0.2, 0) is 0 Å². The Morgan fingerprint density at radius 3 is 2.75 bits per heavy atom. The number of amides is 1. The van der Waals surface area contributed by atoms with E-state index in [1.165, 1.54) is 11.3 Å². The molecule has 2 rings (SSSR count). The zero-order valence-electron chi connectivity index (χ0n) is 8.89. The van der Waals surface area contributed by atoms with Crippen LogP contribution in [0.15, 0.2) is 18.2 Å². The van der Waals surface area contributed by atoms with Gasteiger partial charge in [-0.1, -0.05) is 17.4 Å². The molecule has 0 spiro atoms. The van der Waals surface area contributed by atoms with E-state index in [1.807, 2.05) is 19.9 Å². The summed E-state index contributed by atoms with van der Waals surface area (Å²) in [6, 6.07) is 5.30. The monoisotopic (exact) mass is 234 g/mol. The highest BCUT2D eigenvalue weighted by atomic mass is 32.1. The number of rotatable bonds is 2. The van der Waals surface area contributed by atoms with Gasteiger partial charge in [-0.25, -0.2) is 4.98 Å². The zero-order valence-corrected chi connectivity index (χ0v) is 9.71. The number of aromatic nitrogens is 3. The van der Waals surface area contributed by atoms with Crippen molar-refractivity contribution in [1.29, 1.82) is 0 Å². The van der Waals surface area contributed by atoms with E-state index in [-0.39, 0.29) is 5.91 Å². The molecule has 0 fully saturated rings. The quantitative estimate of drug-likeness (QED) is 0.860. The molecule has 1 amide bonds. The molecule has 0 unspecified atom stereocenters. The summed E-state index contributed by atoms with van der Waals surface area (Å²) in [5.41, 5.74) is 1.19. The number of anilines is 1. The zero-order chi connectivity index (χ0) is 11.5. The molecule has 6 heteroatoms. The average Bonchev–Trinajstić information content (AvgIpc) is 2.64. The van der Waals surface area contributed by atoms with Crippen LogP contribution in [0.5, 0.6) is 0 Å². The third-order valence-electron chi connectivity index (χ3n) is 1.87. The van der Waals surface area contributed by atoms with Crippen molar-refractivity contribution in [2.45, 2.75) is 13.8 Å². The molecule has 0 aliphatic rings. The van der Waals surface area contributed by atoms with Gasteiger partial charge in [0.1, 0.15) is 10.7 Å². The van der Waals surface area contributed by atoms with Gasteiger partial charge in [0, 0.05) is 5.69 Å². The summed E-state index contributed by atoms with van der Waals surface area (Å²) >= 11 is 1.33. The molecule has 0 atom stereocenters. The Bertz CT molecular complexity index is 523. The Hall–Kier alpha value is -1.82. The highest BCUT2D eigenvalue weighted by Gasteiger charge is 2.09. The molecule has 16 heavy (non-hydrogen) atoms. The minimum Gasteiger partial charge on any atom is -0.295 e. The van der Waals surface area contributed by atoms with Crippen molar-refractivity contribution >= 4 is 22.4 Å². The van der Waals surface area contributed by atoms with Crippen molar-refractivity contribution in [2.24, 2.45) is 0 Å². The van der Waals surface area contributed by atoms with Crippen LogP contribution in [0.2, 0.25) is 0 Å². The first kappa shape index (κ1) is 10.7. The number of nitrogens with one attached hydrogen (secondary N) is 1. The van der Waals surface area contributed by atoms with Gasteiger partial charge in [-0.05, 0) is 26.0 Å². The molecule has 82 valence electrons. The fourth-order valence-electron chi connectivity index (χ4n) is 1.18. The van der Waals surface area contributed by atoms with Crippen LogP contribution in [0, 0.1) is 13.8 Å². The summed E-state index contributed by atoms with van der Waals surface area (Å²) in [5.74, 6) is -0.264. The van der Waals surface area contributed by atoms with Gasteiger partial charge in [0.15, 0.2) is 0 Å². The molecule has 0 aliphatic heterocycles. The Balaban J connectivity index is 2.14. The molecule has 5 nitrogen and oxygen atoms in total. The number of pyridine rings is 1.